The summed E-state index contributed by atoms with van der Waals surface area (Å²) in [4.78, 5) is 22.6. The number of benzene rings is 4. The van der Waals surface area contributed by atoms with Gasteiger partial charge in [0, 0.05) is 37.6 Å². The van der Waals surface area contributed by atoms with Gasteiger partial charge in [-0.25, -0.2) is 9.37 Å². The molecule has 0 spiro atoms. The second-order valence-corrected chi connectivity index (χ2v) is 10.4. The molecule has 0 fully saturated rings. The molecule has 0 saturated carbocycles. The number of rotatable bonds is 12. The fourth-order valence-corrected chi connectivity index (χ4v) is 5.18. The summed E-state index contributed by atoms with van der Waals surface area (Å²) in [5.41, 5.74) is 4.32. The Hall–Kier alpha value is -4.36. The summed E-state index contributed by atoms with van der Waals surface area (Å²) in [7, 11) is 0. The van der Waals surface area contributed by atoms with Crippen LogP contribution in [-0.2, 0) is 30.7 Å². The molecule has 0 saturated heterocycles. The molecule has 1 heterocycles. The van der Waals surface area contributed by atoms with E-state index >= 15 is 0 Å². The number of carbonyl (C=O) groups excluding carboxylic acids is 1. The Kier molecular flexibility index (Phi) is 9.27. The third-order valence-corrected chi connectivity index (χ3v) is 7.44. The van der Waals surface area contributed by atoms with Gasteiger partial charge in [0.25, 0.3) is 0 Å². The smallest absolute Gasteiger partial charge is 0.242 e. The third-order valence-electron chi connectivity index (χ3n) is 6.63. The van der Waals surface area contributed by atoms with Crippen LogP contribution in [0.4, 0.5) is 9.52 Å². The van der Waals surface area contributed by atoms with Gasteiger partial charge in [-0.3, -0.25) is 4.79 Å². The molecule has 0 aliphatic heterocycles. The van der Waals surface area contributed by atoms with Gasteiger partial charge in [0.1, 0.15) is 11.6 Å². The van der Waals surface area contributed by atoms with Crippen molar-refractivity contribution in [1.29, 1.82) is 0 Å². The van der Waals surface area contributed by atoms with Crippen LogP contribution in [0.25, 0.3) is 0 Å². The largest absolute Gasteiger partial charge is 0.337 e. The van der Waals surface area contributed by atoms with E-state index in [1.807, 2.05) is 64.4 Å². The topological polar surface area (TPSA) is 49.3 Å². The average Bonchev–Trinajstić information content (AvgIpc) is 3.46. The zero-order chi connectivity index (χ0) is 27.6. The van der Waals surface area contributed by atoms with Crippen molar-refractivity contribution in [3.63, 3.8) is 0 Å². The summed E-state index contributed by atoms with van der Waals surface area (Å²) in [6.45, 7) is 1.87. The van der Waals surface area contributed by atoms with Gasteiger partial charge >= 0.3 is 0 Å². The van der Waals surface area contributed by atoms with Crippen LogP contribution in [0.3, 0.4) is 0 Å². The van der Waals surface area contributed by atoms with Crippen LogP contribution < -0.4 is 4.90 Å². The van der Waals surface area contributed by atoms with Gasteiger partial charge in [0.05, 0.1) is 6.54 Å². The fraction of sp³-hybridized carbons (Fsp3) is 0.182. The first-order chi connectivity index (χ1) is 19.6. The second-order valence-electron chi connectivity index (χ2n) is 9.67. The van der Waals surface area contributed by atoms with E-state index in [2.05, 4.69) is 40.8 Å². The molecule has 5 aromatic rings. The molecule has 0 N–H and O–H groups in total. The molecule has 202 valence electrons. The normalized spacial score (nSPS) is 10.8. The quantitative estimate of drug-likeness (QED) is 0.177. The molecule has 0 unspecified atom stereocenters. The summed E-state index contributed by atoms with van der Waals surface area (Å²) >= 11 is 1.29. The van der Waals surface area contributed by atoms with E-state index in [1.54, 1.807) is 12.1 Å². The van der Waals surface area contributed by atoms with Crippen LogP contribution in [0.15, 0.2) is 115 Å². The minimum absolute atomic E-state index is 0.0333. The first kappa shape index (κ1) is 27.2. The Balaban J connectivity index is 1.35. The lowest BCUT2D eigenvalue weighted by molar-refractivity contribution is -0.130. The van der Waals surface area contributed by atoms with Crippen molar-refractivity contribution in [2.24, 2.45) is 0 Å². The van der Waals surface area contributed by atoms with Crippen LogP contribution in [-0.4, -0.2) is 33.3 Å². The number of nitrogens with zero attached hydrogens (tertiary/aromatic N) is 4. The summed E-state index contributed by atoms with van der Waals surface area (Å²) < 4.78 is 17.9. The van der Waals surface area contributed by atoms with E-state index in [0.29, 0.717) is 37.0 Å². The lowest BCUT2D eigenvalue weighted by Crippen LogP contribution is -2.41. The van der Waals surface area contributed by atoms with E-state index < -0.39 is 0 Å². The predicted octanol–water partition coefficient (Wildman–Crippen LogP) is 6.55. The Morgan fingerprint density at radius 3 is 1.90 bits per heavy atom. The molecule has 0 atom stereocenters. The zero-order valence-electron chi connectivity index (χ0n) is 22.2. The average molecular weight is 551 g/mol. The first-order valence-corrected chi connectivity index (χ1v) is 14.1. The number of anilines is 1. The van der Waals surface area contributed by atoms with Crippen LogP contribution in [0, 0.1) is 5.82 Å². The summed E-state index contributed by atoms with van der Waals surface area (Å²) in [6.07, 6.45) is 1.28. The molecule has 5 rings (SSSR count). The highest BCUT2D eigenvalue weighted by molar-refractivity contribution is 7.09. The SMILES string of the molecule is O=C(CN(Cc1ccccc1)c1nc(Cc2ccc(F)cc2)ns1)N(CCc1ccccc1)Cc1ccccc1. The number of hydrogen-bond donors (Lipinski definition) is 0. The van der Waals surface area contributed by atoms with Crippen molar-refractivity contribution in [2.75, 3.05) is 18.0 Å². The summed E-state index contributed by atoms with van der Waals surface area (Å²) in [5.74, 6) is 0.420. The maximum Gasteiger partial charge on any atom is 0.242 e. The highest BCUT2D eigenvalue weighted by Gasteiger charge is 2.21. The van der Waals surface area contributed by atoms with Gasteiger partial charge in [-0.05, 0) is 40.8 Å². The minimum Gasteiger partial charge on any atom is -0.337 e. The summed E-state index contributed by atoms with van der Waals surface area (Å²) in [5, 5.41) is 0.692. The summed E-state index contributed by atoms with van der Waals surface area (Å²) in [6, 6.07) is 36.8. The molecular weight excluding hydrogens is 519 g/mol. The number of carbonyl (C=O) groups is 1. The Morgan fingerprint density at radius 2 is 1.27 bits per heavy atom. The van der Waals surface area contributed by atoms with Gasteiger partial charge in [-0.1, -0.05) is 103 Å². The van der Waals surface area contributed by atoms with E-state index in [0.717, 1.165) is 23.1 Å². The van der Waals surface area contributed by atoms with Gasteiger partial charge < -0.3 is 9.80 Å². The van der Waals surface area contributed by atoms with Crippen molar-refractivity contribution in [3.8, 4) is 0 Å². The third kappa shape index (κ3) is 7.83. The van der Waals surface area contributed by atoms with E-state index in [-0.39, 0.29) is 18.3 Å². The molecule has 0 aliphatic carbocycles. The van der Waals surface area contributed by atoms with Crippen molar-refractivity contribution < 1.29 is 9.18 Å². The van der Waals surface area contributed by atoms with Crippen LogP contribution in [0.5, 0.6) is 0 Å². The Morgan fingerprint density at radius 1 is 0.700 bits per heavy atom. The van der Waals surface area contributed by atoms with Gasteiger partial charge in [0.15, 0.2) is 0 Å². The van der Waals surface area contributed by atoms with E-state index in [4.69, 9.17) is 4.98 Å². The maximum absolute atomic E-state index is 13.9. The van der Waals surface area contributed by atoms with Gasteiger partial charge in [0.2, 0.25) is 11.0 Å². The number of halogens is 1. The van der Waals surface area contributed by atoms with Crippen LogP contribution in [0.2, 0.25) is 0 Å². The molecule has 4 aromatic carbocycles. The molecule has 40 heavy (non-hydrogen) atoms. The van der Waals surface area contributed by atoms with Crippen LogP contribution >= 0.6 is 11.5 Å². The minimum atomic E-state index is -0.268. The van der Waals surface area contributed by atoms with Crippen LogP contribution in [0.1, 0.15) is 28.1 Å². The molecule has 0 aliphatic rings. The lowest BCUT2D eigenvalue weighted by atomic mass is 10.1. The van der Waals surface area contributed by atoms with Gasteiger partial charge in [-0.2, -0.15) is 4.37 Å². The number of aromatic nitrogens is 2. The lowest BCUT2D eigenvalue weighted by Gasteiger charge is -2.27. The number of amides is 1. The van der Waals surface area contributed by atoms with Gasteiger partial charge in [-0.15, -0.1) is 0 Å². The van der Waals surface area contributed by atoms with E-state index in [1.165, 1.54) is 29.2 Å². The first-order valence-electron chi connectivity index (χ1n) is 13.3. The van der Waals surface area contributed by atoms with Crippen molar-refractivity contribution in [2.45, 2.75) is 25.9 Å². The fourth-order valence-electron chi connectivity index (χ4n) is 4.49. The molecule has 7 heteroatoms. The highest BCUT2D eigenvalue weighted by atomic mass is 32.1. The highest BCUT2D eigenvalue weighted by Crippen LogP contribution is 2.22. The zero-order valence-corrected chi connectivity index (χ0v) is 23.0. The maximum atomic E-state index is 13.9. The molecule has 1 amide bonds. The van der Waals surface area contributed by atoms with Crippen molar-refractivity contribution >= 4 is 22.6 Å². The molecular formula is C33H31FN4OS. The monoisotopic (exact) mass is 550 g/mol. The standard InChI is InChI=1S/C33H31FN4OS/c34-30-18-16-27(17-19-30)22-31-35-33(40-36-31)38(24-29-14-8-3-9-15-29)25-32(39)37(23-28-12-6-2-7-13-28)21-20-26-10-4-1-5-11-26/h1-19H,20-25H2. The molecule has 0 radical (unpaired) electrons. The van der Waals surface area contributed by atoms with Crippen molar-refractivity contribution in [1.82, 2.24) is 14.3 Å². The molecule has 1 aromatic heterocycles. The Bertz CT molecular complexity index is 1480. The number of hydrogen-bond acceptors (Lipinski definition) is 5. The Labute approximate surface area is 238 Å². The molecule has 5 nitrogen and oxygen atoms in total. The van der Waals surface area contributed by atoms with Crippen molar-refractivity contribution in [3.05, 3.63) is 149 Å². The predicted molar refractivity (Wildman–Crippen MR) is 159 cm³/mol. The van der Waals surface area contributed by atoms with E-state index in [9.17, 15) is 9.18 Å². The second kappa shape index (κ2) is 13.6. The molecule has 0 bridgehead atoms.